The number of carboxylic acid groups (broad SMARTS) is 1. The molecule has 1 fully saturated rings. The van der Waals surface area contributed by atoms with Crippen LogP contribution in [0.3, 0.4) is 0 Å². The lowest BCUT2D eigenvalue weighted by Crippen LogP contribution is -2.46. The van der Waals surface area contributed by atoms with Crippen LogP contribution in [-0.2, 0) is 32.4 Å². The van der Waals surface area contributed by atoms with Crippen LogP contribution in [0.1, 0.15) is 36.8 Å². The zero-order valence-electron chi connectivity index (χ0n) is 14.1. The zero-order chi connectivity index (χ0) is 18.0. The highest BCUT2D eigenvalue weighted by atomic mass is 32.2. The lowest BCUT2D eigenvalue weighted by Gasteiger charge is -2.37. The van der Waals surface area contributed by atoms with Gasteiger partial charge in [0.1, 0.15) is 9.84 Å². The van der Waals surface area contributed by atoms with E-state index in [1.54, 1.807) is 4.90 Å². The first-order valence-corrected chi connectivity index (χ1v) is 10.4. The molecule has 2 heterocycles. The van der Waals surface area contributed by atoms with Gasteiger partial charge in [-0.25, -0.2) is 8.42 Å². The molecule has 1 aromatic carbocycles. The number of sulfone groups is 1. The Morgan fingerprint density at radius 2 is 1.72 bits per heavy atom. The van der Waals surface area contributed by atoms with E-state index in [0.717, 1.165) is 11.1 Å². The smallest absolute Gasteiger partial charge is 0.305 e. The Labute approximate surface area is 147 Å². The molecule has 136 valence electrons. The number of benzene rings is 1. The molecule has 7 heteroatoms. The van der Waals surface area contributed by atoms with Crippen molar-refractivity contribution in [1.82, 2.24) is 4.90 Å². The number of carboxylic acids is 1. The van der Waals surface area contributed by atoms with Crippen LogP contribution in [0.25, 0.3) is 0 Å². The highest BCUT2D eigenvalue weighted by Gasteiger charge is 2.33. The number of nitrogens with zero attached hydrogens (tertiary/aromatic N) is 1. The highest BCUT2D eigenvalue weighted by Crippen LogP contribution is 2.28. The van der Waals surface area contributed by atoms with E-state index in [1.165, 1.54) is 0 Å². The number of fused-ring (bicyclic) bond motifs is 1. The van der Waals surface area contributed by atoms with Gasteiger partial charge in [-0.15, -0.1) is 0 Å². The molecule has 1 amide bonds. The summed E-state index contributed by atoms with van der Waals surface area (Å²) in [4.78, 5) is 25.7. The number of carbonyl (C=O) groups is 2. The quantitative estimate of drug-likeness (QED) is 0.876. The van der Waals surface area contributed by atoms with Crippen molar-refractivity contribution in [2.45, 2.75) is 44.7 Å². The second-order valence-electron chi connectivity index (χ2n) is 7.05. The summed E-state index contributed by atoms with van der Waals surface area (Å²) in [5.41, 5.74) is 2.16. The molecule has 1 aromatic rings. The van der Waals surface area contributed by atoms with E-state index < -0.39 is 15.8 Å². The van der Waals surface area contributed by atoms with Crippen molar-refractivity contribution in [3.8, 4) is 0 Å². The standard InChI is InChI=1S/C18H23NO5S/c20-17(9-13-5-7-25(23,24)8-6-13)19-12-15-4-2-1-3-14(15)10-16(19)11-18(21)22/h1-4,13,16H,5-12H2,(H,21,22)/t16-/m0/s1. The minimum atomic E-state index is -2.95. The Hall–Kier alpha value is -1.89. The van der Waals surface area contributed by atoms with E-state index in [1.807, 2.05) is 24.3 Å². The monoisotopic (exact) mass is 365 g/mol. The fraction of sp³-hybridized carbons (Fsp3) is 0.556. The van der Waals surface area contributed by atoms with E-state index in [0.29, 0.717) is 32.2 Å². The first kappa shape index (κ1) is 17.9. The van der Waals surface area contributed by atoms with Crippen molar-refractivity contribution in [3.05, 3.63) is 35.4 Å². The summed E-state index contributed by atoms with van der Waals surface area (Å²) < 4.78 is 23.1. The predicted octanol–water partition coefficient (Wildman–Crippen LogP) is 1.63. The van der Waals surface area contributed by atoms with E-state index in [-0.39, 0.29) is 35.8 Å². The summed E-state index contributed by atoms with van der Waals surface area (Å²) in [5.74, 6) is -0.617. The molecule has 0 aliphatic carbocycles. The van der Waals surface area contributed by atoms with Crippen LogP contribution >= 0.6 is 0 Å². The lowest BCUT2D eigenvalue weighted by molar-refractivity contribution is -0.142. The molecule has 3 rings (SSSR count). The molecular weight excluding hydrogens is 342 g/mol. The van der Waals surface area contributed by atoms with Gasteiger partial charge in [0.15, 0.2) is 0 Å². The number of hydrogen-bond acceptors (Lipinski definition) is 4. The van der Waals surface area contributed by atoms with Crippen LogP contribution in [-0.4, -0.2) is 47.8 Å². The molecular formula is C18H23NO5S. The van der Waals surface area contributed by atoms with Gasteiger partial charge in [0.2, 0.25) is 5.91 Å². The summed E-state index contributed by atoms with van der Waals surface area (Å²) in [6, 6.07) is 7.46. The van der Waals surface area contributed by atoms with Crippen LogP contribution in [0.2, 0.25) is 0 Å². The van der Waals surface area contributed by atoms with E-state index >= 15 is 0 Å². The predicted molar refractivity (Wildman–Crippen MR) is 92.7 cm³/mol. The lowest BCUT2D eigenvalue weighted by atomic mass is 9.90. The molecule has 1 N–H and O–H groups in total. The van der Waals surface area contributed by atoms with Crippen LogP contribution in [0.4, 0.5) is 0 Å². The van der Waals surface area contributed by atoms with Gasteiger partial charge in [-0.3, -0.25) is 9.59 Å². The molecule has 0 bridgehead atoms. The van der Waals surface area contributed by atoms with Gasteiger partial charge in [-0.05, 0) is 36.3 Å². The summed E-state index contributed by atoms with van der Waals surface area (Å²) in [6.07, 6.45) is 1.81. The van der Waals surface area contributed by atoms with Gasteiger partial charge < -0.3 is 10.0 Å². The van der Waals surface area contributed by atoms with Crippen molar-refractivity contribution in [3.63, 3.8) is 0 Å². The molecule has 1 atom stereocenters. The first-order valence-electron chi connectivity index (χ1n) is 8.62. The number of carbonyl (C=O) groups excluding carboxylic acids is 1. The zero-order valence-corrected chi connectivity index (χ0v) is 14.9. The fourth-order valence-electron chi connectivity index (χ4n) is 3.77. The molecule has 25 heavy (non-hydrogen) atoms. The third kappa shape index (κ3) is 4.39. The van der Waals surface area contributed by atoms with Gasteiger partial charge in [0.25, 0.3) is 0 Å². The minimum absolute atomic E-state index is 0.0648. The molecule has 1 saturated heterocycles. The average Bonchev–Trinajstić information content (AvgIpc) is 2.55. The molecule has 0 aromatic heterocycles. The SMILES string of the molecule is O=C(O)C[C@@H]1Cc2ccccc2CN1C(=O)CC1CCS(=O)(=O)CC1. The Kier molecular flexibility index (Phi) is 5.13. The Balaban J connectivity index is 1.71. The molecule has 0 unspecified atom stereocenters. The number of rotatable bonds is 4. The Morgan fingerprint density at radius 1 is 1.08 bits per heavy atom. The highest BCUT2D eigenvalue weighted by molar-refractivity contribution is 7.91. The maximum Gasteiger partial charge on any atom is 0.305 e. The van der Waals surface area contributed by atoms with Crippen LogP contribution in [0.15, 0.2) is 24.3 Å². The van der Waals surface area contributed by atoms with Crippen molar-refractivity contribution in [2.75, 3.05) is 11.5 Å². The van der Waals surface area contributed by atoms with Crippen molar-refractivity contribution in [1.29, 1.82) is 0 Å². The third-order valence-electron chi connectivity index (χ3n) is 5.22. The van der Waals surface area contributed by atoms with Crippen molar-refractivity contribution >= 4 is 21.7 Å². The van der Waals surface area contributed by atoms with Gasteiger partial charge in [-0.1, -0.05) is 24.3 Å². The molecule has 0 spiro atoms. The number of aliphatic carboxylic acids is 1. The molecule has 2 aliphatic heterocycles. The van der Waals surface area contributed by atoms with Crippen LogP contribution in [0, 0.1) is 5.92 Å². The van der Waals surface area contributed by atoms with Crippen molar-refractivity contribution < 1.29 is 23.1 Å². The topological polar surface area (TPSA) is 91.8 Å². The Bertz CT molecular complexity index is 759. The third-order valence-corrected chi connectivity index (χ3v) is 6.94. The van der Waals surface area contributed by atoms with Crippen molar-refractivity contribution in [2.24, 2.45) is 5.92 Å². The summed E-state index contributed by atoms with van der Waals surface area (Å²) in [5, 5.41) is 9.19. The maximum atomic E-state index is 12.8. The normalized spacial score (nSPS) is 23.0. The summed E-state index contributed by atoms with van der Waals surface area (Å²) >= 11 is 0. The van der Waals surface area contributed by atoms with Crippen LogP contribution in [0.5, 0.6) is 0 Å². The van der Waals surface area contributed by atoms with E-state index in [4.69, 9.17) is 0 Å². The fourth-order valence-corrected chi connectivity index (χ4v) is 5.36. The average molecular weight is 365 g/mol. The van der Waals surface area contributed by atoms with Gasteiger partial charge in [0.05, 0.1) is 17.9 Å². The molecule has 6 nitrogen and oxygen atoms in total. The second kappa shape index (κ2) is 7.15. The maximum absolute atomic E-state index is 12.8. The minimum Gasteiger partial charge on any atom is -0.481 e. The number of amides is 1. The second-order valence-corrected chi connectivity index (χ2v) is 9.35. The first-order chi connectivity index (χ1) is 11.8. The van der Waals surface area contributed by atoms with E-state index in [9.17, 15) is 23.1 Å². The largest absolute Gasteiger partial charge is 0.481 e. The molecule has 0 saturated carbocycles. The molecule has 2 aliphatic rings. The van der Waals surface area contributed by atoms with Gasteiger partial charge in [-0.2, -0.15) is 0 Å². The Morgan fingerprint density at radius 3 is 2.36 bits per heavy atom. The van der Waals surface area contributed by atoms with Crippen LogP contribution < -0.4 is 0 Å². The summed E-state index contributed by atoms with van der Waals surface area (Å²) in [7, 11) is -2.95. The van der Waals surface area contributed by atoms with Gasteiger partial charge >= 0.3 is 5.97 Å². The van der Waals surface area contributed by atoms with Gasteiger partial charge in [0, 0.05) is 19.0 Å². The van der Waals surface area contributed by atoms with E-state index in [2.05, 4.69) is 0 Å². The number of hydrogen-bond donors (Lipinski definition) is 1. The molecule has 0 radical (unpaired) electrons. The summed E-state index contributed by atoms with van der Waals surface area (Å²) in [6.45, 7) is 0.429.